The lowest BCUT2D eigenvalue weighted by Gasteiger charge is -2.24. The average molecular weight is 354 g/mol. The van der Waals surface area contributed by atoms with Gasteiger partial charge in [0, 0.05) is 17.8 Å². The van der Waals surface area contributed by atoms with Gasteiger partial charge < -0.3 is 5.32 Å². The Kier molecular flexibility index (Phi) is 5.43. The number of aryl methyl sites for hydroxylation is 1. The Labute approximate surface area is 152 Å². The number of carbonyl (C=O) groups is 2. The second kappa shape index (κ2) is 7.74. The van der Waals surface area contributed by atoms with Crippen LogP contribution in [0.2, 0.25) is 0 Å². The molecule has 0 aromatic heterocycles. The number of nitrogens with one attached hydrogen (secondary N) is 1. The van der Waals surface area contributed by atoms with Crippen molar-refractivity contribution < 1.29 is 9.59 Å². The molecule has 1 aliphatic heterocycles. The van der Waals surface area contributed by atoms with Crippen LogP contribution in [0.5, 0.6) is 0 Å². The summed E-state index contributed by atoms with van der Waals surface area (Å²) >= 11 is 1.63. The van der Waals surface area contributed by atoms with Gasteiger partial charge in [-0.1, -0.05) is 36.8 Å². The smallest absolute Gasteiger partial charge is 0.238 e. The van der Waals surface area contributed by atoms with E-state index in [1.165, 1.54) is 5.56 Å². The predicted octanol–water partition coefficient (Wildman–Crippen LogP) is 4.51. The van der Waals surface area contributed by atoms with Gasteiger partial charge in [-0.15, -0.1) is 11.8 Å². The SMILES string of the molecule is CCCC(=O)Nc1ccc([C@H]2SCC(=O)N2c2ccc(C)cc2)cc1. The second-order valence-corrected chi connectivity index (χ2v) is 7.25. The van der Waals surface area contributed by atoms with Gasteiger partial charge in [-0.2, -0.15) is 0 Å². The van der Waals surface area contributed by atoms with E-state index in [-0.39, 0.29) is 17.2 Å². The lowest BCUT2D eigenvalue weighted by molar-refractivity contribution is -0.116. The van der Waals surface area contributed by atoms with Crippen LogP contribution < -0.4 is 10.2 Å². The fraction of sp³-hybridized carbons (Fsp3) is 0.300. The van der Waals surface area contributed by atoms with Crippen molar-refractivity contribution in [3.8, 4) is 0 Å². The maximum Gasteiger partial charge on any atom is 0.238 e. The molecule has 4 nitrogen and oxygen atoms in total. The molecular weight excluding hydrogens is 332 g/mol. The van der Waals surface area contributed by atoms with Crippen molar-refractivity contribution in [3.05, 3.63) is 59.7 Å². The summed E-state index contributed by atoms with van der Waals surface area (Å²) in [6.45, 7) is 4.02. The Morgan fingerprint density at radius 3 is 2.48 bits per heavy atom. The minimum atomic E-state index is -0.0319. The molecule has 1 aliphatic rings. The van der Waals surface area contributed by atoms with Crippen LogP contribution in [-0.4, -0.2) is 17.6 Å². The van der Waals surface area contributed by atoms with Gasteiger partial charge in [0.05, 0.1) is 5.75 Å². The van der Waals surface area contributed by atoms with Crippen LogP contribution in [-0.2, 0) is 9.59 Å². The molecule has 130 valence electrons. The average Bonchev–Trinajstić information content (AvgIpc) is 2.98. The highest BCUT2D eigenvalue weighted by Gasteiger charge is 2.33. The quantitative estimate of drug-likeness (QED) is 0.859. The van der Waals surface area contributed by atoms with Gasteiger partial charge in [-0.3, -0.25) is 14.5 Å². The second-order valence-electron chi connectivity index (χ2n) is 6.18. The maximum atomic E-state index is 12.4. The van der Waals surface area contributed by atoms with E-state index in [1.54, 1.807) is 11.8 Å². The van der Waals surface area contributed by atoms with Crippen LogP contribution >= 0.6 is 11.8 Å². The zero-order valence-corrected chi connectivity index (χ0v) is 15.3. The molecule has 2 aromatic rings. The van der Waals surface area contributed by atoms with Crippen LogP contribution in [0.3, 0.4) is 0 Å². The monoisotopic (exact) mass is 354 g/mol. The molecule has 0 spiro atoms. The van der Waals surface area contributed by atoms with Crippen molar-refractivity contribution in [1.82, 2.24) is 0 Å². The van der Waals surface area contributed by atoms with E-state index < -0.39 is 0 Å². The number of benzene rings is 2. The third-order valence-corrected chi connectivity index (χ3v) is 5.35. The van der Waals surface area contributed by atoms with Gasteiger partial charge in [0.2, 0.25) is 11.8 Å². The van der Waals surface area contributed by atoms with E-state index in [9.17, 15) is 9.59 Å². The molecule has 2 amide bonds. The molecule has 2 aromatic carbocycles. The van der Waals surface area contributed by atoms with Crippen LogP contribution in [0, 0.1) is 6.92 Å². The number of rotatable bonds is 5. The maximum absolute atomic E-state index is 12.4. The first-order valence-electron chi connectivity index (χ1n) is 8.48. The topological polar surface area (TPSA) is 49.4 Å². The highest BCUT2D eigenvalue weighted by molar-refractivity contribution is 8.00. The van der Waals surface area contributed by atoms with Gasteiger partial charge in [-0.25, -0.2) is 0 Å². The van der Waals surface area contributed by atoms with E-state index in [1.807, 2.05) is 67.3 Å². The van der Waals surface area contributed by atoms with Crippen molar-refractivity contribution >= 4 is 35.0 Å². The van der Waals surface area contributed by atoms with Gasteiger partial charge in [0.25, 0.3) is 0 Å². The third-order valence-electron chi connectivity index (χ3n) is 4.14. The molecule has 5 heteroatoms. The Hall–Kier alpha value is -2.27. The lowest BCUT2D eigenvalue weighted by Crippen LogP contribution is -2.27. The molecule has 1 fully saturated rings. The molecule has 0 aliphatic carbocycles. The van der Waals surface area contributed by atoms with E-state index in [0.717, 1.165) is 23.4 Å². The number of nitrogens with zero attached hydrogens (tertiary/aromatic N) is 1. The molecule has 1 N–H and O–H groups in total. The van der Waals surface area contributed by atoms with Crippen LogP contribution in [0.1, 0.15) is 36.3 Å². The first-order chi connectivity index (χ1) is 12.1. The van der Waals surface area contributed by atoms with Gasteiger partial charge in [-0.05, 0) is 43.2 Å². The first kappa shape index (κ1) is 17.5. The highest BCUT2D eigenvalue weighted by atomic mass is 32.2. The van der Waals surface area contributed by atoms with Gasteiger partial charge in [0.1, 0.15) is 5.37 Å². The van der Waals surface area contributed by atoms with E-state index >= 15 is 0 Å². The molecule has 0 radical (unpaired) electrons. The summed E-state index contributed by atoms with van der Waals surface area (Å²) in [5.74, 6) is 0.634. The number of anilines is 2. The van der Waals surface area contributed by atoms with E-state index in [0.29, 0.717) is 12.2 Å². The molecule has 0 saturated carbocycles. The van der Waals surface area contributed by atoms with Crippen molar-refractivity contribution in [2.45, 2.75) is 32.1 Å². The number of carbonyl (C=O) groups excluding carboxylic acids is 2. The third kappa shape index (κ3) is 4.04. The summed E-state index contributed by atoms with van der Waals surface area (Å²) in [4.78, 5) is 25.9. The molecule has 1 atom stereocenters. The molecular formula is C20H22N2O2S. The van der Waals surface area contributed by atoms with Crippen molar-refractivity contribution in [1.29, 1.82) is 0 Å². The van der Waals surface area contributed by atoms with Gasteiger partial charge >= 0.3 is 0 Å². The minimum absolute atomic E-state index is 0.0296. The molecule has 1 saturated heterocycles. The molecule has 0 bridgehead atoms. The number of hydrogen-bond acceptors (Lipinski definition) is 3. The molecule has 25 heavy (non-hydrogen) atoms. The fourth-order valence-electron chi connectivity index (χ4n) is 2.84. The summed E-state index contributed by atoms with van der Waals surface area (Å²) in [5.41, 5.74) is 3.95. The largest absolute Gasteiger partial charge is 0.326 e. The number of amides is 2. The van der Waals surface area contributed by atoms with Crippen LogP contribution in [0.15, 0.2) is 48.5 Å². The van der Waals surface area contributed by atoms with Crippen LogP contribution in [0.25, 0.3) is 0 Å². The Morgan fingerprint density at radius 1 is 1.16 bits per heavy atom. The normalized spacial score (nSPS) is 17.0. The molecule has 0 unspecified atom stereocenters. The first-order valence-corrected chi connectivity index (χ1v) is 9.53. The van der Waals surface area contributed by atoms with Crippen molar-refractivity contribution in [3.63, 3.8) is 0 Å². The summed E-state index contributed by atoms with van der Waals surface area (Å²) in [6, 6.07) is 15.8. The van der Waals surface area contributed by atoms with Crippen LogP contribution in [0.4, 0.5) is 11.4 Å². The Morgan fingerprint density at radius 2 is 1.84 bits per heavy atom. The fourth-order valence-corrected chi connectivity index (χ4v) is 4.01. The van der Waals surface area contributed by atoms with E-state index in [2.05, 4.69) is 5.32 Å². The minimum Gasteiger partial charge on any atom is -0.326 e. The summed E-state index contributed by atoms with van der Waals surface area (Å²) < 4.78 is 0. The zero-order chi connectivity index (χ0) is 17.8. The number of hydrogen-bond donors (Lipinski definition) is 1. The molecule has 3 rings (SSSR count). The Balaban J connectivity index is 1.79. The zero-order valence-electron chi connectivity index (χ0n) is 14.5. The number of thioether (sulfide) groups is 1. The summed E-state index contributed by atoms with van der Waals surface area (Å²) in [5, 5.41) is 2.86. The predicted molar refractivity (Wildman–Crippen MR) is 104 cm³/mol. The lowest BCUT2D eigenvalue weighted by atomic mass is 10.1. The Bertz CT molecular complexity index is 756. The van der Waals surface area contributed by atoms with Crippen molar-refractivity contribution in [2.24, 2.45) is 0 Å². The summed E-state index contributed by atoms with van der Waals surface area (Å²) in [7, 11) is 0. The highest BCUT2D eigenvalue weighted by Crippen LogP contribution is 2.41. The standard InChI is InChI=1S/C20H22N2O2S/c1-3-4-18(23)21-16-9-7-15(8-10-16)20-22(19(24)13-25-20)17-11-5-14(2)6-12-17/h5-12,20H,3-4,13H2,1-2H3,(H,21,23)/t20-/m1/s1. The van der Waals surface area contributed by atoms with Gasteiger partial charge in [0.15, 0.2) is 0 Å². The van der Waals surface area contributed by atoms with Crippen molar-refractivity contribution in [2.75, 3.05) is 16.0 Å². The van der Waals surface area contributed by atoms with E-state index in [4.69, 9.17) is 0 Å². The summed E-state index contributed by atoms with van der Waals surface area (Å²) in [6.07, 6.45) is 1.35. The molecule has 1 heterocycles.